The maximum Gasteiger partial charge on any atom is 0.414 e. The Bertz CT molecular complexity index is 397. The Morgan fingerprint density at radius 1 is 1.50 bits per heavy atom. The van der Waals surface area contributed by atoms with Crippen molar-refractivity contribution >= 4 is 11.8 Å². The molecular weight excluding hydrogens is 213 g/mol. The number of para-hydroxylation sites is 1. The van der Waals surface area contributed by atoms with Crippen LogP contribution in [0, 0.1) is 11.7 Å². The summed E-state index contributed by atoms with van der Waals surface area (Å²) in [7, 11) is 0. The van der Waals surface area contributed by atoms with Crippen molar-refractivity contribution < 1.29 is 19.0 Å². The maximum atomic E-state index is 13.5. The Labute approximate surface area is 92.2 Å². The number of halogens is 1. The van der Waals surface area contributed by atoms with Gasteiger partial charge in [-0.3, -0.25) is 4.90 Å². The number of benzene rings is 1. The van der Waals surface area contributed by atoms with Crippen LogP contribution in [0.2, 0.25) is 0 Å². The molecule has 1 N–H and O–H groups in total. The number of ether oxygens (including phenoxy) is 1. The molecule has 1 aromatic rings. The van der Waals surface area contributed by atoms with Crippen molar-refractivity contribution in [3.63, 3.8) is 0 Å². The first-order valence-corrected chi connectivity index (χ1v) is 5.02. The first kappa shape index (κ1) is 10.9. The molecule has 1 amide bonds. The van der Waals surface area contributed by atoms with E-state index in [0.29, 0.717) is 0 Å². The fraction of sp³-hybridized carbons (Fsp3) is 0.364. The highest BCUT2D eigenvalue weighted by Crippen LogP contribution is 2.23. The van der Waals surface area contributed by atoms with Gasteiger partial charge in [0.2, 0.25) is 0 Å². The van der Waals surface area contributed by atoms with Gasteiger partial charge in [0.15, 0.2) is 0 Å². The van der Waals surface area contributed by atoms with Crippen molar-refractivity contribution in [2.45, 2.75) is 0 Å². The summed E-state index contributed by atoms with van der Waals surface area (Å²) in [5, 5.41) is 9.00. The summed E-state index contributed by atoms with van der Waals surface area (Å²) in [5.41, 5.74) is 0.186. The van der Waals surface area contributed by atoms with E-state index in [0.717, 1.165) is 0 Å². The zero-order valence-corrected chi connectivity index (χ0v) is 8.60. The summed E-state index contributed by atoms with van der Waals surface area (Å²) >= 11 is 0. The summed E-state index contributed by atoms with van der Waals surface area (Å²) in [4.78, 5) is 12.7. The van der Waals surface area contributed by atoms with Crippen molar-refractivity contribution in [3.8, 4) is 0 Å². The summed E-state index contributed by atoms with van der Waals surface area (Å²) in [6.45, 7) is 0.370. The van der Waals surface area contributed by atoms with Gasteiger partial charge in [0, 0.05) is 12.5 Å². The highest BCUT2D eigenvalue weighted by Gasteiger charge is 2.29. The van der Waals surface area contributed by atoms with Gasteiger partial charge < -0.3 is 9.84 Å². The van der Waals surface area contributed by atoms with Crippen LogP contribution in [0.1, 0.15) is 0 Å². The molecule has 0 radical (unpaired) electrons. The Morgan fingerprint density at radius 3 is 2.94 bits per heavy atom. The standard InChI is InChI=1S/C11H12FNO3/c12-9-3-1-2-4-10(9)13-5-8(6-14)7-16-11(13)15/h1-4,8,14H,5-7H2. The van der Waals surface area contributed by atoms with Crippen molar-refractivity contribution in [1.29, 1.82) is 0 Å². The molecule has 1 fully saturated rings. The molecule has 1 heterocycles. The SMILES string of the molecule is O=C1OCC(CO)CN1c1ccccc1F. The molecule has 86 valence electrons. The van der Waals surface area contributed by atoms with E-state index in [1.807, 2.05) is 0 Å². The van der Waals surface area contributed by atoms with E-state index in [1.165, 1.54) is 17.0 Å². The predicted molar refractivity (Wildman–Crippen MR) is 55.7 cm³/mol. The third-order valence-electron chi connectivity index (χ3n) is 2.51. The number of amides is 1. The van der Waals surface area contributed by atoms with Gasteiger partial charge in [0.1, 0.15) is 5.82 Å². The minimum Gasteiger partial charge on any atom is -0.449 e. The van der Waals surface area contributed by atoms with Gasteiger partial charge >= 0.3 is 6.09 Å². The van der Waals surface area contributed by atoms with Crippen LogP contribution in [0.5, 0.6) is 0 Å². The molecule has 1 atom stereocenters. The average molecular weight is 225 g/mol. The Hall–Kier alpha value is -1.62. The number of carbonyl (C=O) groups is 1. The molecule has 2 rings (SSSR count). The van der Waals surface area contributed by atoms with E-state index in [-0.39, 0.29) is 31.4 Å². The number of aliphatic hydroxyl groups excluding tert-OH is 1. The number of cyclic esters (lactones) is 1. The summed E-state index contributed by atoms with van der Waals surface area (Å²) in [6, 6.07) is 5.99. The van der Waals surface area contributed by atoms with Gasteiger partial charge in [-0.15, -0.1) is 0 Å². The van der Waals surface area contributed by atoms with Gasteiger partial charge in [-0.2, -0.15) is 0 Å². The highest BCUT2D eigenvalue weighted by molar-refractivity contribution is 5.88. The molecule has 0 bridgehead atoms. The zero-order valence-electron chi connectivity index (χ0n) is 8.60. The molecule has 0 aromatic heterocycles. The number of carbonyl (C=O) groups excluding carboxylic acids is 1. The molecule has 1 aliphatic heterocycles. The van der Waals surface area contributed by atoms with E-state index < -0.39 is 11.9 Å². The van der Waals surface area contributed by atoms with Crippen LogP contribution in [0.3, 0.4) is 0 Å². The van der Waals surface area contributed by atoms with E-state index in [1.54, 1.807) is 12.1 Å². The highest BCUT2D eigenvalue weighted by atomic mass is 19.1. The molecule has 0 saturated carbocycles. The van der Waals surface area contributed by atoms with E-state index in [4.69, 9.17) is 9.84 Å². The second-order valence-electron chi connectivity index (χ2n) is 3.69. The van der Waals surface area contributed by atoms with Crippen LogP contribution in [0.25, 0.3) is 0 Å². The number of anilines is 1. The van der Waals surface area contributed by atoms with Crippen molar-refractivity contribution in [2.75, 3.05) is 24.7 Å². The normalized spacial score (nSPS) is 20.8. The summed E-state index contributed by atoms with van der Waals surface area (Å²) in [6.07, 6.45) is -0.574. The molecule has 1 saturated heterocycles. The quantitative estimate of drug-likeness (QED) is 0.827. The monoisotopic (exact) mass is 225 g/mol. The second-order valence-corrected chi connectivity index (χ2v) is 3.69. The van der Waals surface area contributed by atoms with Gasteiger partial charge in [0.25, 0.3) is 0 Å². The fourth-order valence-corrected chi connectivity index (χ4v) is 1.63. The average Bonchev–Trinajstić information content (AvgIpc) is 2.31. The molecular formula is C11H12FNO3. The van der Waals surface area contributed by atoms with Crippen LogP contribution in [-0.4, -0.2) is 31.0 Å². The van der Waals surface area contributed by atoms with E-state index >= 15 is 0 Å². The largest absolute Gasteiger partial charge is 0.449 e. The summed E-state index contributed by atoms with van der Waals surface area (Å²) < 4.78 is 18.3. The Kier molecular flexibility index (Phi) is 3.05. The minimum absolute atomic E-state index is 0.0851. The second kappa shape index (κ2) is 4.49. The minimum atomic E-state index is -0.574. The molecule has 1 aromatic carbocycles. The number of aliphatic hydroxyl groups is 1. The third kappa shape index (κ3) is 1.99. The number of hydrogen-bond acceptors (Lipinski definition) is 3. The number of nitrogens with zero attached hydrogens (tertiary/aromatic N) is 1. The molecule has 1 unspecified atom stereocenters. The maximum absolute atomic E-state index is 13.5. The first-order valence-electron chi connectivity index (χ1n) is 5.02. The number of rotatable bonds is 2. The lowest BCUT2D eigenvalue weighted by Gasteiger charge is -2.31. The van der Waals surface area contributed by atoms with Gasteiger partial charge in [-0.05, 0) is 12.1 Å². The Morgan fingerprint density at radius 2 is 2.25 bits per heavy atom. The molecule has 1 aliphatic rings. The van der Waals surface area contributed by atoms with Gasteiger partial charge in [-0.25, -0.2) is 9.18 Å². The fourth-order valence-electron chi connectivity index (χ4n) is 1.63. The topological polar surface area (TPSA) is 49.8 Å². The predicted octanol–water partition coefficient (Wildman–Crippen LogP) is 1.39. The summed E-state index contributed by atoms with van der Waals surface area (Å²) in [5.74, 6) is -0.643. The van der Waals surface area contributed by atoms with Crippen LogP contribution >= 0.6 is 0 Å². The van der Waals surface area contributed by atoms with E-state index in [2.05, 4.69) is 0 Å². The van der Waals surface area contributed by atoms with Gasteiger partial charge in [0.05, 0.1) is 18.9 Å². The van der Waals surface area contributed by atoms with Crippen LogP contribution in [-0.2, 0) is 4.74 Å². The lowest BCUT2D eigenvalue weighted by Crippen LogP contribution is -2.44. The Balaban J connectivity index is 2.25. The molecule has 0 aliphatic carbocycles. The van der Waals surface area contributed by atoms with Crippen molar-refractivity contribution in [2.24, 2.45) is 5.92 Å². The number of hydrogen-bond donors (Lipinski definition) is 1. The van der Waals surface area contributed by atoms with Crippen molar-refractivity contribution in [3.05, 3.63) is 30.1 Å². The van der Waals surface area contributed by atoms with Crippen LogP contribution in [0.4, 0.5) is 14.9 Å². The van der Waals surface area contributed by atoms with Crippen molar-refractivity contribution in [1.82, 2.24) is 0 Å². The first-order chi connectivity index (χ1) is 7.72. The lowest BCUT2D eigenvalue weighted by atomic mass is 10.1. The zero-order chi connectivity index (χ0) is 11.5. The van der Waals surface area contributed by atoms with Gasteiger partial charge in [-0.1, -0.05) is 12.1 Å². The van der Waals surface area contributed by atoms with Crippen LogP contribution in [0.15, 0.2) is 24.3 Å². The molecule has 4 nitrogen and oxygen atoms in total. The van der Waals surface area contributed by atoms with E-state index in [9.17, 15) is 9.18 Å². The smallest absolute Gasteiger partial charge is 0.414 e. The lowest BCUT2D eigenvalue weighted by molar-refractivity contribution is 0.0897. The molecule has 5 heteroatoms. The molecule has 0 spiro atoms. The molecule has 16 heavy (non-hydrogen) atoms. The van der Waals surface area contributed by atoms with Crippen LogP contribution < -0.4 is 4.90 Å². The third-order valence-corrected chi connectivity index (χ3v) is 2.51.